The van der Waals surface area contributed by atoms with Gasteiger partial charge in [0.1, 0.15) is 5.75 Å². The van der Waals surface area contributed by atoms with Crippen LogP contribution in [0.25, 0.3) is 0 Å². The van der Waals surface area contributed by atoms with Crippen LogP contribution in [0.15, 0.2) is 24.3 Å². The summed E-state index contributed by atoms with van der Waals surface area (Å²) in [5, 5.41) is 3.44. The molecule has 1 rings (SSSR count). The van der Waals surface area contributed by atoms with E-state index in [4.69, 9.17) is 0 Å². The second kappa shape index (κ2) is 8.27. The van der Waals surface area contributed by atoms with Gasteiger partial charge in [0.2, 0.25) is 0 Å². The largest absolute Gasteiger partial charge is 0.573 e. The summed E-state index contributed by atoms with van der Waals surface area (Å²) in [5.74, 6) is 0.229. The molecule has 2 nitrogen and oxygen atoms in total. The van der Waals surface area contributed by atoms with Crippen LogP contribution in [-0.4, -0.2) is 12.9 Å². The van der Waals surface area contributed by atoms with Gasteiger partial charge in [-0.05, 0) is 36.6 Å². The molecule has 0 aliphatic heterocycles. The number of benzene rings is 1. The Morgan fingerprint density at radius 3 is 2.33 bits per heavy atom. The molecule has 0 heterocycles. The van der Waals surface area contributed by atoms with Crippen LogP contribution in [0.5, 0.6) is 5.75 Å². The molecule has 1 aromatic carbocycles. The number of halogens is 3. The fraction of sp³-hybridized carbons (Fsp3) is 0.625. The van der Waals surface area contributed by atoms with Crippen molar-refractivity contribution in [1.29, 1.82) is 0 Å². The topological polar surface area (TPSA) is 21.3 Å². The quantitative estimate of drug-likeness (QED) is 0.724. The number of hydrogen-bond acceptors (Lipinski definition) is 2. The number of alkyl halides is 3. The predicted octanol–water partition coefficient (Wildman–Crippen LogP) is 5.06. The first-order valence-corrected chi connectivity index (χ1v) is 7.50. The summed E-state index contributed by atoms with van der Waals surface area (Å²) < 4.78 is 41.0. The lowest BCUT2D eigenvalue weighted by atomic mass is 9.88. The molecule has 0 spiro atoms. The maximum absolute atomic E-state index is 12.3. The minimum absolute atomic E-state index is 0.0525. The molecule has 120 valence electrons. The van der Waals surface area contributed by atoms with Crippen molar-refractivity contribution in [3.05, 3.63) is 29.8 Å². The van der Waals surface area contributed by atoms with Gasteiger partial charge in [-0.1, -0.05) is 45.7 Å². The van der Waals surface area contributed by atoms with E-state index in [1.54, 1.807) is 6.07 Å². The average molecular weight is 303 g/mol. The van der Waals surface area contributed by atoms with Gasteiger partial charge in [-0.15, -0.1) is 13.2 Å². The second-order valence-electron chi connectivity index (χ2n) is 5.13. The maximum Gasteiger partial charge on any atom is 0.573 e. The summed E-state index contributed by atoms with van der Waals surface area (Å²) in [5.41, 5.74) is 0.846. The molecule has 0 radical (unpaired) electrons. The molecule has 1 unspecified atom stereocenters. The number of rotatable bonds is 8. The van der Waals surface area contributed by atoms with Crippen LogP contribution >= 0.6 is 0 Å². The van der Waals surface area contributed by atoms with Crippen molar-refractivity contribution in [2.45, 2.75) is 52.4 Å². The summed E-state index contributed by atoms with van der Waals surface area (Å²) in [7, 11) is 0. The maximum atomic E-state index is 12.3. The molecule has 0 aromatic heterocycles. The summed E-state index contributed by atoms with van der Waals surface area (Å²) in [6, 6.07) is 6.34. The molecule has 0 aliphatic carbocycles. The molecule has 0 bridgehead atoms. The van der Waals surface area contributed by atoms with Crippen molar-refractivity contribution in [2.75, 3.05) is 6.54 Å². The highest BCUT2D eigenvalue weighted by molar-refractivity contribution is 5.31. The van der Waals surface area contributed by atoms with Gasteiger partial charge in [0.05, 0.1) is 0 Å². The lowest BCUT2D eigenvalue weighted by Gasteiger charge is -2.27. The van der Waals surface area contributed by atoms with Gasteiger partial charge in [0.15, 0.2) is 0 Å². The molecule has 21 heavy (non-hydrogen) atoms. The van der Waals surface area contributed by atoms with Crippen LogP contribution in [0, 0.1) is 5.92 Å². The summed E-state index contributed by atoms with van der Waals surface area (Å²) >= 11 is 0. The third-order valence-electron chi connectivity index (χ3n) is 3.59. The van der Waals surface area contributed by atoms with Gasteiger partial charge in [-0.3, -0.25) is 0 Å². The SMILES string of the molecule is CCCNC(c1cccc(OC(F)(F)F)c1)C(CC)CC. The first kappa shape index (κ1) is 17.8. The number of hydrogen-bond donors (Lipinski definition) is 1. The zero-order chi connectivity index (χ0) is 15.9. The van der Waals surface area contributed by atoms with Gasteiger partial charge in [0, 0.05) is 6.04 Å². The van der Waals surface area contributed by atoms with Crippen molar-refractivity contribution in [3.8, 4) is 5.75 Å². The van der Waals surface area contributed by atoms with Crippen LogP contribution in [0.2, 0.25) is 0 Å². The lowest BCUT2D eigenvalue weighted by molar-refractivity contribution is -0.274. The van der Waals surface area contributed by atoms with E-state index in [-0.39, 0.29) is 11.8 Å². The molecule has 0 saturated carbocycles. The van der Waals surface area contributed by atoms with Crippen molar-refractivity contribution in [1.82, 2.24) is 5.32 Å². The molecule has 1 N–H and O–H groups in total. The fourth-order valence-corrected chi connectivity index (χ4v) is 2.52. The smallest absolute Gasteiger partial charge is 0.406 e. The predicted molar refractivity (Wildman–Crippen MR) is 78.2 cm³/mol. The molecule has 0 aliphatic rings. The van der Waals surface area contributed by atoms with Crippen molar-refractivity contribution < 1.29 is 17.9 Å². The van der Waals surface area contributed by atoms with Gasteiger partial charge in [0.25, 0.3) is 0 Å². The summed E-state index contributed by atoms with van der Waals surface area (Å²) in [6.07, 6.45) is -1.72. The van der Waals surface area contributed by atoms with E-state index in [1.807, 2.05) is 6.07 Å². The average Bonchev–Trinajstić information content (AvgIpc) is 2.42. The van der Waals surface area contributed by atoms with Gasteiger partial charge >= 0.3 is 6.36 Å². The van der Waals surface area contributed by atoms with E-state index in [2.05, 4.69) is 30.8 Å². The van der Waals surface area contributed by atoms with Crippen molar-refractivity contribution in [2.24, 2.45) is 5.92 Å². The van der Waals surface area contributed by atoms with Crippen LogP contribution in [-0.2, 0) is 0 Å². The Labute approximate surface area is 124 Å². The lowest BCUT2D eigenvalue weighted by Crippen LogP contribution is -2.28. The Kier molecular flexibility index (Phi) is 7.02. The first-order chi connectivity index (χ1) is 9.91. The van der Waals surface area contributed by atoms with E-state index in [1.165, 1.54) is 12.1 Å². The molecule has 5 heteroatoms. The highest BCUT2D eigenvalue weighted by Crippen LogP contribution is 2.31. The van der Waals surface area contributed by atoms with E-state index in [0.717, 1.165) is 31.4 Å². The summed E-state index contributed by atoms with van der Waals surface area (Å²) in [4.78, 5) is 0. The Bertz CT molecular complexity index is 416. The van der Waals surface area contributed by atoms with Crippen LogP contribution in [0.4, 0.5) is 13.2 Å². The third-order valence-corrected chi connectivity index (χ3v) is 3.59. The minimum Gasteiger partial charge on any atom is -0.406 e. The van der Waals surface area contributed by atoms with Gasteiger partial charge in [-0.25, -0.2) is 0 Å². The van der Waals surface area contributed by atoms with Crippen molar-refractivity contribution >= 4 is 0 Å². The standard InChI is InChI=1S/C16H24F3NO/c1-4-10-20-15(12(5-2)6-3)13-8-7-9-14(11-13)21-16(17,18)19/h7-9,11-12,15,20H,4-6,10H2,1-3H3. The Morgan fingerprint density at radius 1 is 1.14 bits per heavy atom. The van der Waals surface area contributed by atoms with Crippen molar-refractivity contribution in [3.63, 3.8) is 0 Å². The van der Waals surface area contributed by atoms with E-state index >= 15 is 0 Å². The molecule has 0 saturated heterocycles. The summed E-state index contributed by atoms with van der Waals surface area (Å²) in [6.45, 7) is 7.11. The normalized spacial score (nSPS) is 13.5. The van der Waals surface area contributed by atoms with Crippen LogP contribution in [0.1, 0.15) is 51.6 Å². The van der Waals surface area contributed by atoms with E-state index < -0.39 is 6.36 Å². The van der Waals surface area contributed by atoms with Gasteiger partial charge in [-0.2, -0.15) is 0 Å². The third kappa shape index (κ3) is 5.96. The zero-order valence-corrected chi connectivity index (χ0v) is 12.8. The van der Waals surface area contributed by atoms with E-state index in [0.29, 0.717) is 5.92 Å². The minimum atomic E-state index is -4.65. The first-order valence-electron chi connectivity index (χ1n) is 7.50. The second-order valence-corrected chi connectivity index (χ2v) is 5.13. The Hall–Kier alpha value is -1.23. The monoisotopic (exact) mass is 303 g/mol. The molecule has 0 fully saturated rings. The number of ether oxygens (including phenoxy) is 1. The highest BCUT2D eigenvalue weighted by Gasteiger charge is 2.31. The van der Waals surface area contributed by atoms with Crippen LogP contribution in [0.3, 0.4) is 0 Å². The van der Waals surface area contributed by atoms with Crippen LogP contribution < -0.4 is 10.1 Å². The Balaban J connectivity index is 2.98. The Morgan fingerprint density at radius 2 is 1.81 bits per heavy atom. The highest BCUT2D eigenvalue weighted by atomic mass is 19.4. The number of nitrogens with one attached hydrogen (secondary N) is 1. The molecular formula is C16H24F3NO. The molecule has 1 atom stereocenters. The zero-order valence-electron chi connectivity index (χ0n) is 12.8. The fourth-order valence-electron chi connectivity index (χ4n) is 2.52. The molecule has 0 amide bonds. The van der Waals surface area contributed by atoms with Gasteiger partial charge < -0.3 is 10.1 Å². The molecule has 1 aromatic rings. The molecular weight excluding hydrogens is 279 g/mol. The van der Waals surface area contributed by atoms with E-state index in [9.17, 15) is 13.2 Å².